The molecule has 2 aromatic carbocycles. The summed E-state index contributed by atoms with van der Waals surface area (Å²) < 4.78 is 43.1. The fraction of sp³-hybridized carbons (Fsp3) is 0.575. The predicted molar refractivity (Wildman–Crippen MR) is 199 cm³/mol. The van der Waals surface area contributed by atoms with Crippen molar-refractivity contribution in [2.45, 2.75) is 108 Å². The Labute approximate surface area is 310 Å². The molecule has 4 atom stereocenters. The van der Waals surface area contributed by atoms with Crippen molar-refractivity contribution < 1.29 is 32.3 Å². The molecule has 13 heteroatoms. The largest absolute Gasteiger partial charge is 0.497 e. The standard InChI is InChI=1S/C40H49N5O7S/c1-39(2,3)52-38(48)44-22-26-18-27(44)21-43(26)37(47)40-20-32(40)31-19-28(51-4)12-14-29(31)35-34(24-9-6-5-7-10-24)30-13-11-25(17-33(30)45(35)23-40)36(46)41-53(49,50)42-15-8-16-42/h11-14,17,19,24,26-27,32H,5-10,15-16,18,20-23H2,1-4H3,(H,41,46). The minimum atomic E-state index is -3.93. The Bertz CT molecular complexity index is 2150. The first kappa shape index (κ1) is 34.7. The van der Waals surface area contributed by atoms with Gasteiger partial charge in [-0.1, -0.05) is 25.3 Å². The van der Waals surface area contributed by atoms with E-state index < -0.39 is 27.1 Å². The highest BCUT2D eigenvalue weighted by Gasteiger charge is 2.66. The van der Waals surface area contributed by atoms with Crippen LogP contribution in [0, 0.1) is 5.41 Å². The number of fused-ring (bicyclic) bond motifs is 9. The number of aromatic nitrogens is 1. The van der Waals surface area contributed by atoms with Gasteiger partial charge in [-0.25, -0.2) is 9.52 Å². The molecule has 2 saturated carbocycles. The lowest BCUT2D eigenvalue weighted by molar-refractivity contribution is -0.140. The van der Waals surface area contributed by atoms with Gasteiger partial charge in [-0.3, -0.25) is 9.59 Å². The van der Waals surface area contributed by atoms with Crippen molar-refractivity contribution in [3.05, 3.63) is 53.1 Å². The van der Waals surface area contributed by atoms with Gasteiger partial charge in [0.05, 0.1) is 30.3 Å². The van der Waals surface area contributed by atoms with Crippen molar-refractivity contribution in [3.63, 3.8) is 0 Å². The molecule has 4 aliphatic heterocycles. The number of methoxy groups -OCH3 is 1. The molecule has 3 saturated heterocycles. The number of nitrogens with zero attached hydrogens (tertiary/aromatic N) is 4. The molecule has 1 N–H and O–H groups in total. The van der Waals surface area contributed by atoms with E-state index in [4.69, 9.17) is 9.47 Å². The number of benzene rings is 2. The van der Waals surface area contributed by atoms with Gasteiger partial charge in [-0.2, -0.15) is 12.7 Å². The first-order valence-electron chi connectivity index (χ1n) is 19.3. The second-order valence-electron chi connectivity index (χ2n) is 17.1. The average Bonchev–Trinajstić information content (AvgIpc) is 3.33. The van der Waals surface area contributed by atoms with Gasteiger partial charge in [-0.05, 0) is 100 Å². The zero-order valence-electron chi connectivity index (χ0n) is 31.0. The summed E-state index contributed by atoms with van der Waals surface area (Å²) in [7, 11) is -2.26. The van der Waals surface area contributed by atoms with E-state index in [9.17, 15) is 18.0 Å². The molecule has 0 spiro atoms. The van der Waals surface area contributed by atoms with Crippen molar-refractivity contribution in [2.75, 3.05) is 33.3 Å². The molecular formula is C40H49N5O7S. The first-order valence-corrected chi connectivity index (χ1v) is 20.7. The Morgan fingerprint density at radius 1 is 0.925 bits per heavy atom. The minimum Gasteiger partial charge on any atom is -0.497 e. The van der Waals surface area contributed by atoms with Crippen LogP contribution in [-0.4, -0.2) is 96.0 Å². The molecule has 6 aliphatic rings. The quantitative estimate of drug-likeness (QED) is 0.340. The zero-order valence-corrected chi connectivity index (χ0v) is 31.8. The molecule has 9 rings (SSSR count). The summed E-state index contributed by atoms with van der Waals surface area (Å²) in [4.78, 5) is 45.5. The van der Waals surface area contributed by atoms with Gasteiger partial charge in [0.15, 0.2) is 0 Å². The number of carbonyl (C=O) groups is 3. The van der Waals surface area contributed by atoms with Gasteiger partial charge in [0.2, 0.25) is 5.91 Å². The first-order chi connectivity index (χ1) is 25.3. The Hall–Kier alpha value is -4.10. The molecule has 1 aromatic heterocycles. The average molecular weight is 744 g/mol. The summed E-state index contributed by atoms with van der Waals surface area (Å²) in [5.41, 5.74) is 4.33. The summed E-state index contributed by atoms with van der Waals surface area (Å²) in [6.45, 7) is 7.77. The van der Waals surface area contributed by atoms with Crippen LogP contribution in [-0.2, 0) is 26.3 Å². The normalized spacial score (nSPS) is 26.7. The number of amides is 3. The maximum atomic E-state index is 15.1. The SMILES string of the molecule is COc1ccc2c(c1)C1CC1(C(=O)N1CC3CC1CN3C(=O)OC(C)(C)C)Cn1c-2c(C2CCCCC2)c2ccc(C(=O)NS(=O)(=O)N3CCC3)cc21. The molecule has 5 heterocycles. The van der Waals surface area contributed by atoms with E-state index in [0.29, 0.717) is 45.1 Å². The van der Waals surface area contributed by atoms with Gasteiger partial charge in [0.25, 0.3) is 5.91 Å². The van der Waals surface area contributed by atoms with Crippen LogP contribution >= 0.6 is 0 Å². The number of carbonyl (C=O) groups excluding carboxylic acids is 3. The third-order valence-electron chi connectivity index (χ3n) is 12.7. The van der Waals surface area contributed by atoms with Crippen LogP contribution in [0.15, 0.2) is 36.4 Å². The summed E-state index contributed by atoms with van der Waals surface area (Å²) >= 11 is 0. The highest BCUT2D eigenvalue weighted by atomic mass is 32.2. The topological polar surface area (TPSA) is 130 Å². The second kappa shape index (κ2) is 12.2. The molecule has 3 aromatic rings. The maximum absolute atomic E-state index is 15.1. The highest BCUT2D eigenvalue weighted by Crippen LogP contribution is 2.66. The smallest absolute Gasteiger partial charge is 0.410 e. The van der Waals surface area contributed by atoms with Gasteiger partial charge in [-0.15, -0.1) is 0 Å². The molecule has 0 radical (unpaired) electrons. The number of hydrogen-bond donors (Lipinski definition) is 1. The fourth-order valence-corrected chi connectivity index (χ4v) is 11.2. The molecule has 282 valence electrons. The predicted octanol–water partition coefficient (Wildman–Crippen LogP) is 5.75. The third kappa shape index (κ3) is 5.63. The zero-order chi connectivity index (χ0) is 37.0. The molecular weight excluding hydrogens is 695 g/mol. The van der Waals surface area contributed by atoms with Crippen LogP contribution in [0.25, 0.3) is 22.2 Å². The molecule has 5 fully saturated rings. The van der Waals surface area contributed by atoms with Crippen molar-refractivity contribution in [2.24, 2.45) is 5.41 Å². The van der Waals surface area contributed by atoms with Gasteiger partial charge in [0.1, 0.15) is 11.4 Å². The van der Waals surface area contributed by atoms with Crippen molar-refractivity contribution in [1.29, 1.82) is 0 Å². The van der Waals surface area contributed by atoms with E-state index in [1.165, 1.54) is 16.3 Å². The van der Waals surface area contributed by atoms with Gasteiger partial charge in [0, 0.05) is 60.7 Å². The van der Waals surface area contributed by atoms with Crippen LogP contribution in [0.3, 0.4) is 0 Å². The van der Waals surface area contributed by atoms with E-state index in [1.54, 1.807) is 18.1 Å². The number of piperazine rings is 1. The summed E-state index contributed by atoms with van der Waals surface area (Å²) in [6.07, 6.45) is 7.48. The number of hydrogen-bond acceptors (Lipinski definition) is 7. The van der Waals surface area contributed by atoms with E-state index in [0.717, 1.165) is 72.0 Å². The van der Waals surface area contributed by atoms with Crippen LogP contribution in [0.4, 0.5) is 4.79 Å². The van der Waals surface area contributed by atoms with Crippen LogP contribution < -0.4 is 9.46 Å². The van der Waals surface area contributed by atoms with Crippen molar-refractivity contribution >= 4 is 39.0 Å². The summed E-state index contributed by atoms with van der Waals surface area (Å²) in [5.74, 6) is 0.485. The third-order valence-corrected chi connectivity index (χ3v) is 14.2. The van der Waals surface area contributed by atoms with E-state index >= 15 is 4.79 Å². The molecule has 2 bridgehead atoms. The summed E-state index contributed by atoms with van der Waals surface area (Å²) in [6, 6.07) is 11.6. The van der Waals surface area contributed by atoms with Crippen LogP contribution in [0.5, 0.6) is 5.75 Å². The molecule has 53 heavy (non-hydrogen) atoms. The second-order valence-corrected chi connectivity index (χ2v) is 18.8. The Kier molecular flexibility index (Phi) is 7.98. The lowest BCUT2D eigenvalue weighted by atomic mass is 9.81. The van der Waals surface area contributed by atoms with Crippen LogP contribution in [0.1, 0.15) is 105 Å². The number of likely N-dealkylation sites (tertiary alicyclic amines) is 2. The lowest BCUT2D eigenvalue weighted by Crippen LogP contribution is -2.53. The van der Waals surface area contributed by atoms with E-state index in [1.807, 2.05) is 43.9 Å². The van der Waals surface area contributed by atoms with Gasteiger partial charge >= 0.3 is 16.3 Å². The monoisotopic (exact) mass is 743 g/mol. The van der Waals surface area contributed by atoms with Crippen LogP contribution in [0.2, 0.25) is 0 Å². The van der Waals surface area contributed by atoms with E-state index in [-0.39, 0.29) is 35.6 Å². The van der Waals surface area contributed by atoms with Gasteiger partial charge < -0.3 is 23.8 Å². The molecule has 3 amide bonds. The lowest BCUT2D eigenvalue weighted by Gasteiger charge is -2.37. The molecule has 12 nitrogen and oxygen atoms in total. The summed E-state index contributed by atoms with van der Waals surface area (Å²) in [5, 5.41) is 1.05. The Morgan fingerprint density at radius 2 is 1.66 bits per heavy atom. The number of ether oxygens (including phenoxy) is 2. The Morgan fingerprint density at radius 3 is 2.32 bits per heavy atom. The fourth-order valence-electron chi connectivity index (χ4n) is 9.94. The minimum absolute atomic E-state index is 0.0245. The molecule has 2 aliphatic carbocycles. The Balaban J connectivity index is 1.13. The number of nitrogens with one attached hydrogen (secondary N) is 1. The molecule has 4 unspecified atom stereocenters. The number of rotatable bonds is 6. The highest BCUT2D eigenvalue weighted by molar-refractivity contribution is 7.87. The maximum Gasteiger partial charge on any atom is 0.410 e. The van der Waals surface area contributed by atoms with Crippen molar-refractivity contribution in [3.8, 4) is 17.0 Å². The van der Waals surface area contributed by atoms with E-state index in [2.05, 4.69) is 21.4 Å². The van der Waals surface area contributed by atoms with Crippen molar-refractivity contribution in [1.82, 2.24) is 23.4 Å².